The molecule has 0 saturated carbocycles. The number of likely N-dealkylation sites (tertiary alicyclic amines) is 1. The van der Waals surface area contributed by atoms with Gasteiger partial charge in [0, 0.05) is 31.0 Å². The Balaban J connectivity index is 1.49. The first-order valence-corrected chi connectivity index (χ1v) is 15.2. The highest BCUT2D eigenvalue weighted by Crippen LogP contribution is 2.59. The Morgan fingerprint density at radius 2 is 1.65 bits per heavy atom. The zero-order valence-electron chi connectivity index (χ0n) is 24.9. The zero-order chi connectivity index (χ0) is 30.4. The molecule has 0 bridgehead atoms. The maximum absolute atomic E-state index is 14.8. The van der Waals surface area contributed by atoms with Crippen molar-refractivity contribution in [1.29, 1.82) is 0 Å². The van der Waals surface area contributed by atoms with Crippen LogP contribution in [-0.4, -0.2) is 77.9 Å². The van der Waals surface area contributed by atoms with Crippen LogP contribution in [-0.2, 0) is 23.9 Å². The van der Waals surface area contributed by atoms with Gasteiger partial charge in [-0.05, 0) is 56.2 Å². The Morgan fingerprint density at radius 1 is 0.930 bits per heavy atom. The summed E-state index contributed by atoms with van der Waals surface area (Å²) in [5.74, 6) is -3.20. The molecule has 6 atom stereocenters. The van der Waals surface area contributed by atoms with E-state index in [0.717, 1.165) is 18.8 Å². The molecule has 226 valence electrons. The van der Waals surface area contributed by atoms with Gasteiger partial charge in [-0.25, -0.2) is 0 Å². The summed E-state index contributed by atoms with van der Waals surface area (Å²) in [6.45, 7) is 7.79. The Labute approximate surface area is 252 Å². The van der Waals surface area contributed by atoms with Gasteiger partial charge in [-0.3, -0.25) is 14.4 Å². The summed E-state index contributed by atoms with van der Waals surface area (Å²) in [5.41, 5.74) is -0.108. The number of benzene rings is 2. The average molecular weight is 586 g/mol. The van der Waals surface area contributed by atoms with Crippen LogP contribution in [0.5, 0.6) is 0 Å². The molecule has 6 rings (SSSR count). The topological polar surface area (TPSA) is 99.6 Å². The normalized spacial score (nSPS) is 30.3. The summed E-state index contributed by atoms with van der Waals surface area (Å²) in [5, 5.41) is 10.7. The molecule has 2 fully saturated rings. The average Bonchev–Trinajstić information content (AvgIpc) is 3.31. The fourth-order valence-corrected chi connectivity index (χ4v) is 7.56. The fourth-order valence-electron chi connectivity index (χ4n) is 7.56. The smallest absolute Gasteiger partial charge is 0.313 e. The van der Waals surface area contributed by atoms with Gasteiger partial charge in [0.1, 0.15) is 29.8 Å². The van der Waals surface area contributed by atoms with Crippen molar-refractivity contribution >= 4 is 29.2 Å². The van der Waals surface area contributed by atoms with E-state index in [1.807, 2.05) is 79.7 Å². The highest BCUT2D eigenvalue weighted by Gasteiger charge is 2.76. The molecule has 0 aliphatic carbocycles. The molecular weight excluding hydrogens is 546 g/mol. The minimum atomic E-state index is -1.44. The fraction of sp³-hybridized carbons (Fsp3) is 0.441. The minimum Gasteiger partial charge on any atom is -0.461 e. The zero-order valence-corrected chi connectivity index (χ0v) is 24.9. The van der Waals surface area contributed by atoms with E-state index in [1.54, 1.807) is 11.0 Å². The first kappa shape index (κ1) is 29.1. The number of nitrogens with zero attached hydrogens (tertiary/aromatic N) is 3. The molecule has 4 heterocycles. The highest BCUT2D eigenvalue weighted by molar-refractivity contribution is 6.06. The summed E-state index contributed by atoms with van der Waals surface area (Å²) >= 11 is 0. The monoisotopic (exact) mass is 585 g/mol. The Morgan fingerprint density at radius 3 is 2.30 bits per heavy atom. The SMILES string of the molecule is CCN(CC)c1ccc(N2CC=C[C@]34O[C@@]5(CC)C=CCOC(=O)[C@H]5[C@H]3C(=O)N([C@H](CO)c3ccccc3)C4C2=O)cc1. The van der Waals surface area contributed by atoms with E-state index in [4.69, 9.17) is 9.47 Å². The number of hydrogen-bond acceptors (Lipinski definition) is 7. The van der Waals surface area contributed by atoms with Gasteiger partial charge in [0.2, 0.25) is 5.91 Å². The van der Waals surface area contributed by atoms with Crippen LogP contribution in [0.1, 0.15) is 38.8 Å². The lowest BCUT2D eigenvalue weighted by Crippen LogP contribution is -2.57. The number of aliphatic hydroxyl groups excluding tert-OH is 1. The Bertz CT molecular complexity index is 1440. The number of carbonyl (C=O) groups is 3. The Kier molecular flexibility index (Phi) is 7.64. The van der Waals surface area contributed by atoms with Gasteiger partial charge in [0.15, 0.2) is 0 Å². The summed E-state index contributed by atoms with van der Waals surface area (Å²) in [4.78, 5) is 48.4. The minimum absolute atomic E-state index is 0.0941. The number of aliphatic hydroxyl groups is 1. The molecule has 4 aliphatic rings. The van der Waals surface area contributed by atoms with Gasteiger partial charge in [-0.1, -0.05) is 55.5 Å². The van der Waals surface area contributed by atoms with Gasteiger partial charge in [0.05, 0.1) is 18.6 Å². The van der Waals surface area contributed by atoms with E-state index in [9.17, 15) is 19.5 Å². The predicted molar refractivity (Wildman–Crippen MR) is 162 cm³/mol. The number of anilines is 2. The number of fused-ring (bicyclic) bond motifs is 2. The molecule has 2 aromatic carbocycles. The molecule has 9 nitrogen and oxygen atoms in total. The van der Waals surface area contributed by atoms with Gasteiger partial charge in [0.25, 0.3) is 5.91 Å². The summed E-state index contributed by atoms with van der Waals surface area (Å²) < 4.78 is 12.5. The van der Waals surface area contributed by atoms with Crippen molar-refractivity contribution in [3.05, 3.63) is 84.5 Å². The molecule has 0 radical (unpaired) electrons. The third-order valence-corrected chi connectivity index (χ3v) is 9.62. The van der Waals surface area contributed by atoms with Crippen molar-refractivity contribution in [3.63, 3.8) is 0 Å². The molecule has 2 amide bonds. The molecular formula is C34H39N3O6. The van der Waals surface area contributed by atoms with Crippen LogP contribution in [0.2, 0.25) is 0 Å². The molecule has 2 saturated heterocycles. The quantitative estimate of drug-likeness (QED) is 0.373. The molecule has 2 aromatic rings. The van der Waals surface area contributed by atoms with Crippen LogP contribution in [0.25, 0.3) is 0 Å². The lowest BCUT2D eigenvalue weighted by molar-refractivity contribution is -0.159. The van der Waals surface area contributed by atoms with E-state index in [2.05, 4.69) is 18.7 Å². The van der Waals surface area contributed by atoms with E-state index in [1.165, 1.54) is 4.90 Å². The van der Waals surface area contributed by atoms with Crippen molar-refractivity contribution in [2.45, 2.75) is 50.5 Å². The first-order valence-electron chi connectivity index (χ1n) is 15.2. The summed E-state index contributed by atoms with van der Waals surface area (Å²) in [6, 6.07) is 15.1. The second-order valence-electron chi connectivity index (χ2n) is 11.5. The molecule has 1 spiro atoms. The largest absolute Gasteiger partial charge is 0.461 e. The maximum Gasteiger partial charge on any atom is 0.313 e. The number of esters is 1. The number of carbonyl (C=O) groups excluding carboxylic acids is 3. The second-order valence-corrected chi connectivity index (χ2v) is 11.5. The molecule has 4 aliphatic heterocycles. The van der Waals surface area contributed by atoms with Crippen molar-refractivity contribution in [2.24, 2.45) is 11.8 Å². The van der Waals surface area contributed by atoms with Crippen molar-refractivity contribution < 1.29 is 29.0 Å². The summed E-state index contributed by atoms with van der Waals surface area (Å²) in [6.07, 6.45) is 7.68. The molecule has 43 heavy (non-hydrogen) atoms. The molecule has 9 heteroatoms. The predicted octanol–water partition coefficient (Wildman–Crippen LogP) is 3.64. The van der Waals surface area contributed by atoms with Gasteiger partial charge >= 0.3 is 5.97 Å². The third-order valence-electron chi connectivity index (χ3n) is 9.62. The van der Waals surface area contributed by atoms with Crippen molar-refractivity contribution in [2.75, 3.05) is 42.6 Å². The van der Waals surface area contributed by atoms with Crippen molar-refractivity contribution in [1.82, 2.24) is 4.90 Å². The standard InChI is InChI=1S/C34H39N3O6/c1-4-33-18-11-21-42-32(41)28(33)27-30(39)37(26(22-38)23-12-8-7-9-13-23)29-31(40)36(20-10-19-34(27,29)43-33)25-16-14-24(15-17-25)35(5-2)6-3/h7-19,26-29,38H,4-6,20-22H2,1-3H3/t26-,27+,28-,29?,33+,34+/m1/s1. The third kappa shape index (κ3) is 4.40. The molecule has 1 unspecified atom stereocenters. The molecule has 1 N–H and O–H groups in total. The summed E-state index contributed by atoms with van der Waals surface area (Å²) in [7, 11) is 0. The first-order chi connectivity index (χ1) is 20.9. The van der Waals surface area contributed by atoms with Gasteiger partial charge < -0.3 is 29.3 Å². The van der Waals surface area contributed by atoms with Gasteiger partial charge in [-0.2, -0.15) is 0 Å². The second kappa shape index (κ2) is 11.3. The highest BCUT2D eigenvalue weighted by atomic mass is 16.6. The van der Waals surface area contributed by atoms with Crippen LogP contribution in [0, 0.1) is 11.8 Å². The van der Waals surface area contributed by atoms with E-state index >= 15 is 0 Å². The van der Waals surface area contributed by atoms with Crippen LogP contribution in [0.3, 0.4) is 0 Å². The van der Waals surface area contributed by atoms with Crippen LogP contribution in [0.15, 0.2) is 78.9 Å². The van der Waals surface area contributed by atoms with Crippen LogP contribution >= 0.6 is 0 Å². The lowest BCUT2D eigenvalue weighted by Gasteiger charge is -2.40. The van der Waals surface area contributed by atoms with Gasteiger partial charge in [-0.15, -0.1) is 0 Å². The molecule has 0 aromatic heterocycles. The number of ether oxygens (including phenoxy) is 2. The van der Waals surface area contributed by atoms with E-state index in [-0.39, 0.29) is 19.1 Å². The van der Waals surface area contributed by atoms with Crippen molar-refractivity contribution in [3.8, 4) is 0 Å². The lowest BCUT2D eigenvalue weighted by atomic mass is 9.73. The number of cyclic esters (lactones) is 1. The van der Waals surface area contributed by atoms with E-state index in [0.29, 0.717) is 17.7 Å². The maximum atomic E-state index is 14.8. The number of hydrogen-bond donors (Lipinski definition) is 1. The van der Waals surface area contributed by atoms with Crippen LogP contribution < -0.4 is 9.80 Å². The van der Waals surface area contributed by atoms with E-state index < -0.39 is 53.6 Å². The number of rotatable bonds is 8. The van der Waals surface area contributed by atoms with Crippen LogP contribution in [0.4, 0.5) is 11.4 Å². The Hall–Kier alpha value is -3.95. The number of amides is 2.